The molecule has 0 radical (unpaired) electrons. The van der Waals surface area contributed by atoms with E-state index >= 15 is 0 Å². The van der Waals surface area contributed by atoms with Crippen LogP contribution >= 0.6 is 11.3 Å². The van der Waals surface area contributed by atoms with Crippen molar-refractivity contribution in [1.29, 1.82) is 0 Å². The van der Waals surface area contributed by atoms with E-state index in [0.29, 0.717) is 28.5 Å². The van der Waals surface area contributed by atoms with Crippen LogP contribution in [0.2, 0.25) is 0 Å². The van der Waals surface area contributed by atoms with E-state index in [4.69, 9.17) is 9.47 Å². The molecule has 0 unspecified atom stereocenters. The molecule has 5 aromatic rings. The van der Waals surface area contributed by atoms with Crippen molar-refractivity contribution < 1.29 is 14.3 Å². The number of carbonyl (C=O) groups excluding carboxylic acids is 1. The molecule has 0 aliphatic rings. The maximum Gasteiger partial charge on any atom is 0.311 e. The molecule has 4 heterocycles. The van der Waals surface area contributed by atoms with Crippen molar-refractivity contribution in [3.63, 3.8) is 0 Å². The van der Waals surface area contributed by atoms with Crippen LogP contribution in [-0.2, 0) is 16.0 Å². The van der Waals surface area contributed by atoms with Crippen LogP contribution in [-0.4, -0.2) is 54.8 Å². The summed E-state index contributed by atoms with van der Waals surface area (Å²) in [7, 11) is 2.94. The molecule has 0 aliphatic heterocycles. The largest absolute Gasteiger partial charge is 0.497 e. The highest BCUT2D eigenvalue weighted by Crippen LogP contribution is 2.25. The van der Waals surface area contributed by atoms with Crippen molar-refractivity contribution in [2.24, 2.45) is 0 Å². The van der Waals surface area contributed by atoms with Crippen LogP contribution in [0.15, 0.2) is 41.8 Å². The molecule has 0 fully saturated rings. The van der Waals surface area contributed by atoms with Crippen LogP contribution in [0.3, 0.4) is 0 Å². The Hall–Kier alpha value is -3.86. The topological polar surface area (TPSA) is 109 Å². The second-order valence-electron chi connectivity index (χ2n) is 6.31. The van der Waals surface area contributed by atoms with E-state index in [1.807, 2.05) is 41.8 Å². The lowest BCUT2D eigenvalue weighted by Crippen LogP contribution is -2.06. The predicted molar refractivity (Wildman–Crippen MR) is 109 cm³/mol. The molecule has 0 saturated heterocycles. The lowest BCUT2D eigenvalue weighted by molar-refractivity contribution is -0.139. The molecule has 0 spiro atoms. The highest BCUT2D eigenvalue weighted by molar-refractivity contribution is 7.13. The van der Waals surface area contributed by atoms with Crippen molar-refractivity contribution in [3.8, 4) is 22.1 Å². The number of hydrogen-bond acceptors (Lipinski definition) is 9. The second-order valence-corrected chi connectivity index (χ2v) is 7.25. The maximum absolute atomic E-state index is 11.9. The first-order valence-corrected chi connectivity index (χ1v) is 9.82. The molecule has 4 aromatic heterocycles. The molecule has 0 aliphatic carbocycles. The summed E-state index contributed by atoms with van der Waals surface area (Å²) in [6.07, 6.45) is -0.0389. The quantitative estimate of drug-likeness (QED) is 0.398. The van der Waals surface area contributed by atoms with Gasteiger partial charge in [0.15, 0.2) is 17.0 Å². The Kier molecular flexibility index (Phi) is 4.36. The first-order chi connectivity index (χ1) is 14.7. The van der Waals surface area contributed by atoms with Crippen LogP contribution < -0.4 is 4.74 Å². The maximum atomic E-state index is 11.9. The molecular weight excluding hydrogens is 406 g/mol. The van der Waals surface area contributed by atoms with Crippen molar-refractivity contribution in [3.05, 3.63) is 47.5 Å². The minimum atomic E-state index is -0.420. The zero-order chi connectivity index (χ0) is 20.7. The third kappa shape index (κ3) is 2.95. The first-order valence-electron chi connectivity index (χ1n) is 8.94. The Morgan fingerprint density at radius 2 is 1.93 bits per heavy atom. The average Bonchev–Trinajstić information content (AvgIpc) is 3.51. The highest BCUT2D eigenvalue weighted by atomic mass is 32.1. The van der Waals surface area contributed by atoms with Crippen molar-refractivity contribution in [1.82, 2.24) is 34.6 Å². The standard InChI is InChI=1S/C19H15N7O3S/c1-28-12-7-5-11(6-8-12)25-18-16(13(23-25)10-15(27)29-2)21-22-19-20-17(24-26(18)19)14-4-3-9-30-14/h3-9H,10H2,1-2H3. The Bertz CT molecular complexity index is 1360. The Labute approximate surface area is 173 Å². The molecule has 11 heteroatoms. The summed E-state index contributed by atoms with van der Waals surface area (Å²) < 4.78 is 13.3. The number of rotatable bonds is 5. The summed E-state index contributed by atoms with van der Waals surface area (Å²) in [5.74, 6) is 1.18. The zero-order valence-electron chi connectivity index (χ0n) is 16.0. The van der Waals surface area contributed by atoms with Gasteiger partial charge in [-0.1, -0.05) is 6.07 Å². The Morgan fingerprint density at radius 1 is 1.10 bits per heavy atom. The van der Waals surface area contributed by atoms with Crippen LogP contribution in [0.4, 0.5) is 0 Å². The third-order valence-electron chi connectivity index (χ3n) is 4.53. The van der Waals surface area contributed by atoms with Crippen LogP contribution in [0, 0.1) is 0 Å². The van der Waals surface area contributed by atoms with Crippen molar-refractivity contribution in [2.45, 2.75) is 6.42 Å². The van der Waals surface area contributed by atoms with E-state index in [1.54, 1.807) is 16.3 Å². The Balaban J connectivity index is 1.77. The molecule has 0 amide bonds. The van der Waals surface area contributed by atoms with E-state index in [-0.39, 0.29) is 6.42 Å². The number of thiophene rings is 1. The van der Waals surface area contributed by atoms with Gasteiger partial charge in [-0.15, -0.1) is 26.6 Å². The highest BCUT2D eigenvalue weighted by Gasteiger charge is 2.22. The monoisotopic (exact) mass is 421 g/mol. The fourth-order valence-electron chi connectivity index (χ4n) is 3.08. The molecule has 10 nitrogen and oxygen atoms in total. The number of carbonyl (C=O) groups is 1. The van der Waals surface area contributed by atoms with E-state index in [0.717, 1.165) is 16.3 Å². The van der Waals surface area contributed by atoms with Crippen LogP contribution in [0.25, 0.3) is 33.3 Å². The fraction of sp³-hybridized carbons (Fsp3) is 0.158. The first kappa shape index (κ1) is 18.2. The number of methoxy groups -OCH3 is 2. The number of esters is 1. The van der Waals surface area contributed by atoms with Gasteiger partial charge in [-0.05, 0) is 35.7 Å². The van der Waals surface area contributed by atoms with Gasteiger partial charge in [-0.3, -0.25) is 4.79 Å². The molecule has 0 saturated carbocycles. The van der Waals surface area contributed by atoms with Gasteiger partial charge >= 0.3 is 5.97 Å². The normalized spacial score (nSPS) is 11.3. The summed E-state index contributed by atoms with van der Waals surface area (Å²) >= 11 is 1.53. The average molecular weight is 421 g/mol. The summed E-state index contributed by atoms with van der Waals surface area (Å²) in [5.41, 5.74) is 2.19. The van der Waals surface area contributed by atoms with Gasteiger partial charge in [-0.25, -0.2) is 4.68 Å². The number of benzene rings is 1. The molecular formula is C19H15N7O3S. The lowest BCUT2D eigenvalue weighted by atomic mass is 10.3. The summed E-state index contributed by atoms with van der Waals surface area (Å²) in [6, 6.07) is 11.2. The number of hydrogen-bond donors (Lipinski definition) is 0. The minimum Gasteiger partial charge on any atom is -0.497 e. The van der Waals surface area contributed by atoms with E-state index < -0.39 is 5.97 Å². The molecule has 5 rings (SSSR count). The van der Waals surface area contributed by atoms with E-state index in [1.165, 1.54) is 18.4 Å². The van der Waals surface area contributed by atoms with E-state index in [9.17, 15) is 4.79 Å². The number of aromatic nitrogens is 7. The molecule has 30 heavy (non-hydrogen) atoms. The van der Waals surface area contributed by atoms with Gasteiger partial charge in [0.25, 0.3) is 5.78 Å². The smallest absolute Gasteiger partial charge is 0.311 e. The molecule has 0 bridgehead atoms. The predicted octanol–water partition coefficient (Wildman–Crippen LogP) is 2.31. The molecule has 1 aromatic carbocycles. The molecule has 0 atom stereocenters. The SMILES string of the molecule is COC(=O)Cc1nn(-c2ccc(OC)cc2)c2c1nnc1nc(-c3cccs3)nn12. The van der Waals surface area contributed by atoms with Gasteiger partial charge in [0, 0.05) is 0 Å². The van der Waals surface area contributed by atoms with Gasteiger partial charge < -0.3 is 9.47 Å². The summed E-state index contributed by atoms with van der Waals surface area (Å²) in [5, 5.41) is 19.7. The minimum absolute atomic E-state index is 0.0389. The van der Waals surface area contributed by atoms with Crippen molar-refractivity contribution in [2.75, 3.05) is 14.2 Å². The Morgan fingerprint density at radius 3 is 2.63 bits per heavy atom. The number of fused-ring (bicyclic) bond motifs is 3. The lowest BCUT2D eigenvalue weighted by Gasteiger charge is -2.05. The second kappa shape index (κ2) is 7.19. The molecule has 0 N–H and O–H groups in total. The fourth-order valence-corrected chi connectivity index (χ4v) is 3.74. The van der Waals surface area contributed by atoms with E-state index in [2.05, 4.69) is 25.4 Å². The van der Waals surface area contributed by atoms with Crippen molar-refractivity contribution >= 4 is 34.2 Å². The summed E-state index contributed by atoms with van der Waals surface area (Å²) in [4.78, 5) is 17.3. The van der Waals surface area contributed by atoms with Crippen LogP contribution in [0.5, 0.6) is 5.75 Å². The van der Waals surface area contributed by atoms with Gasteiger partial charge in [0.05, 0.1) is 31.2 Å². The van der Waals surface area contributed by atoms with Crippen LogP contribution in [0.1, 0.15) is 5.69 Å². The van der Waals surface area contributed by atoms with Gasteiger partial charge in [0.2, 0.25) is 0 Å². The van der Waals surface area contributed by atoms with Gasteiger partial charge in [0.1, 0.15) is 11.4 Å². The third-order valence-corrected chi connectivity index (χ3v) is 5.40. The number of ether oxygens (including phenoxy) is 2. The van der Waals surface area contributed by atoms with Gasteiger partial charge in [-0.2, -0.15) is 14.6 Å². The summed E-state index contributed by atoms with van der Waals surface area (Å²) in [6.45, 7) is 0. The molecule has 150 valence electrons. The number of nitrogens with zero attached hydrogens (tertiary/aromatic N) is 7. The zero-order valence-corrected chi connectivity index (χ0v) is 16.8.